The van der Waals surface area contributed by atoms with Crippen molar-refractivity contribution in [2.24, 2.45) is 0 Å². The molecule has 0 amide bonds. The van der Waals surface area contributed by atoms with Gasteiger partial charge >= 0.3 is 16.4 Å². The summed E-state index contributed by atoms with van der Waals surface area (Å²) in [5, 5.41) is 34.8. The minimum atomic E-state index is -4.92. The number of esters is 1. The van der Waals surface area contributed by atoms with E-state index in [1.165, 1.54) is 0 Å². The summed E-state index contributed by atoms with van der Waals surface area (Å²) in [5.41, 5.74) is 0. The highest BCUT2D eigenvalue weighted by Gasteiger charge is 2.43. The molecule has 1 aliphatic rings. The Bertz CT molecular complexity index is 436. The molecule has 0 saturated heterocycles. The Morgan fingerprint density at radius 1 is 1.47 bits per heavy atom. The minimum absolute atomic E-state index is 0.891. The monoisotopic (exact) mass is 272 g/mol. The van der Waals surface area contributed by atoms with Crippen molar-refractivity contribution in [1.29, 1.82) is 0 Å². The van der Waals surface area contributed by atoms with Gasteiger partial charge in [-0.25, -0.2) is 10.1 Å². The normalized spacial score (nSPS) is 22.5. The van der Waals surface area contributed by atoms with E-state index < -0.39 is 46.7 Å². The van der Waals surface area contributed by atoms with Crippen LogP contribution in [0.4, 0.5) is 0 Å². The lowest BCUT2D eigenvalue weighted by Gasteiger charge is -2.16. The van der Waals surface area contributed by atoms with Gasteiger partial charge in [0.2, 0.25) is 11.5 Å². The number of aliphatic hydroxyl groups excluding tert-OH is 3. The van der Waals surface area contributed by atoms with E-state index in [0.29, 0.717) is 0 Å². The summed E-state index contributed by atoms with van der Waals surface area (Å²) in [6.45, 7) is -0.891. The second kappa shape index (κ2) is 4.85. The van der Waals surface area contributed by atoms with Crippen LogP contribution in [0.5, 0.6) is 0 Å². The maximum atomic E-state index is 10.9. The number of carbonyl (C=O) groups excluding carboxylic acids is 1. The van der Waals surface area contributed by atoms with Crippen LogP contribution in [0.25, 0.3) is 0 Å². The van der Waals surface area contributed by atoms with Gasteiger partial charge in [-0.2, -0.15) is 8.42 Å². The lowest BCUT2D eigenvalue weighted by atomic mass is 10.2. The van der Waals surface area contributed by atoms with Crippen LogP contribution in [0, 0.1) is 0 Å². The molecule has 0 aromatic carbocycles. The van der Waals surface area contributed by atoms with Crippen molar-refractivity contribution in [3.63, 3.8) is 0 Å². The van der Waals surface area contributed by atoms with Crippen LogP contribution < -0.4 is 0 Å². The number of ether oxygens (including phenoxy) is 1. The second-order valence-corrected chi connectivity index (χ2v) is 3.99. The summed E-state index contributed by atoms with van der Waals surface area (Å²) in [6, 6.07) is 0. The van der Waals surface area contributed by atoms with Gasteiger partial charge in [-0.1, -0.05) is 4.33 Å². The van der Waals surface area contributed by atoms with Crippen molar-refractivity contribution >= 4 is 16.4 Å². The Morgan fingerprint density at radius 3 is 2.53 bits per heavy atom. The van der Waals surface area contributed by atoms with Gasteiger partial charge < -0.3 is 24.2 Å². The van der Waals surface area contributed by atoms with Crippen molar-refractivity contribution in [3.8, 4) is 0 Å². The van der Waals surface area contributed by atoms with Crippen LogP contribution >= 0.6 is 0 Å². The summed E-state index contributed by atoms with van der Waals surface area (Å²) >= 11 is 0. The van der Waals surface area contributed by atoms with Gasteiger partial charge in [-0.15, -0.1) is 0 Å². The van der Waals surface area contributed by atoms with Crippen LogP contribution in [0.3, 0.4) is 0 Å². The number of cyclic esters (lactones) is 1. The van der Waals surface area contributed by atoms with Crippen LogP contribution in [0.15, 0.2) is 11.5 Å². The molecule has 0 bridgehead atoms. The molecule has 1 rings (SSSR count). The van der Waals surface area contributed by atoms with E-state index in [2.05, 4.69) is 13.3 Å². The van der Waals surface area contributed by atoms with E-state index in [0.717, 1.165) is 0 Å². The topological polar surface area (TPSA) is 160 Å². The number of carbonyl (C=O) groups is 1. The molecule has 11 heteroatoms. The summed E-state index contributed by atoms with van der Waals surface area (Å²) in [4.78, 5) is 10.9. The van der Waals surface area contributed by atoms with E-state index in [-0.39, 0.29) is 0 Å². The molecule has 10 nitrogen and oxygen atoms in total. The minimum Gasteiger partial charge on any atom is -0.499 e. The maximum absolute atomic E-state index is 10.9. The lowest BCUT2D eigenvalue weighted by molar-refractivity contribution is -0.149. The number of aliphatic hydroxyl groups is 3. The Labute approximate surface area is 94.5 Å². The first-order valence-electron chi connectivity index (χ1n) is 4.03. The molecule has 0 saturated carbocycles. The third kappa shape index (κ3) is 2.83. The van der Waals surface area contributed by atoms with E-state index in [4.69, 9.17) is 15.5 Å². The highest BCUT2D eigenvalue weighted by atomic mass is 32.3. The molecular formula is C6H8O10S. The zero-order valence-corrected chi connectivity index (χ0v) is 8.82. The van der Waals surface area contributed by atoms with Gasteiger partial charge in [0.05, 0.1) is 6.61 Å². The van der Waals surface area contributed by atoms with E-state index in [9.17, 15) is 18.3 Å². The van der Waals surface area contributed by atoms with Crippen molar-refractivity contribution in [3.05, 3.63) is 11.5 Å². The van der Waals surface area contributed by atoms with Crippen LogP contribution in [-0.2, 0) is 28.4 Å². The number of hydrogen-bond donors (Lipinski definition) is 4. The third-order valence-electron chi connectivity index (χ3n) is 1.74. The summed E-state index contributed by atoms with van der Waals surface area (Å²) < 4.78 is 32.7. The molecule has 0 aliphatic carbocycles. The van der Waals surface area contributed by atoms with Crippen molar-refractivity contribution in [1.82, 2.24) is 0 Å². The molecule has 1 heterocycles. The molecule has 4 N–H and O–H groups in total. The summed E-state index contributed by atoms with van der Waals surface area (Å²) in [7, 11) is -4.92. The largest absolute Gasteiger partial charge is 0.499 e. The number of rotatable bonds is 5. The van der Waals surface area contributed by atoms with Crippen molar-refractivity contribution in [2.75, 3.05) is 6.61 Å². The molecule has 2 atom stereocenters. The molecule has 0 radical (unpaired) electrons. The Hall–Kier alpha value is -1.40. The predicted molar refractivity (Wildman–Crippen MR) is 46.3 cm³/mol. The van der Waals surface area contributed by atoms with Crippen LogP contribution in [0.1, 0.15) is 0 Å². The van der Waals surface area contributed by atoms with Gasteiger partial charge in [0.15, 0.2) is 6.10 Å². The molecule has 0 aromatic heterocycles. The third-order valence-corrected chi connectivity index (χ3v) is 2.31. The average molecular weight is 272 g/mol. The standard InChI is InChI=1S/C6H8O10S/c7-1-2(8)4-5(3(9)6(10)14-4)15-17(12,13)16-11/h2,4,7-9,11H,1H2/t2-,4+/m0/s1. The first kappa shape index (κ1) is 13.7. The lowest BCUT2D eigenvalue weighted by Crippen LogP contribution is -2.33. The fraction of sp³-hybridized carbons (Fsp3) is 0.500. The zero-order chi connectivity index (χ0) is 13.2. The summed E-state index contributed by atoms with van der Waals surface area (Å²) in [6.07, 6.45) is -3.44. The van der Waals surface area contributed by atoms with E-state index in [1.54, 1.807) is 0 Å². The first-order chi connectivity index (χ1) is 7.82. The Kier molecular flexibility index (Phi) is 3.90. The molecule has 0 fully saturated rings. The quantitative estimate of drug-likeness (QED) is 0.245. The van der Waals surface area contributed by atoms with Gasteiger partial charge in [0, 0.05) is 0 Å². The van der Waals surface area contributed by atoms with Crippen molar-refractivity contribution < 1.29 is 47.0 Å². The Morgan fingerprint density at radius 2 is 2.06 bits per heavy atom. The zero-order valence-electron chi connectivity index (χ0n) is 8.01. The molecule has 17 heavy (non-hydrogen) atoms. The van der Waals surface area contributed by atoms with Crippen LogP contribution in [-0.4, -0.2) is 53.8 Å². The average Bonchev–Trinajstić information content (AvgIpc) is 2.56. The van der Waals surface area contributed by atoms with Gasteiger partial charge in [-0.3, -0.25) is 0 Å². The fourth-order valence-electron chi connectivity index (χ4n) is 1.02. The van der Waals surface area contributed by atoms with E-state index in [1.807, 2.05) is 0 Å². The highest BCUT2D eigenvalue weighted by Crippen LogP contribution is 2.26. The van der Waals surface area contributed by atoms with E-state index >= 15 is 0 Å². The molecular weight excluding hydrogens is 264 g/mol. The molecule has 0 aromatic rings. The summed E-state index contributed by atoms with van der Waals surface area (Å²) in [5.74, 6) is -3.57. The number of hydrogen-bond acceptors (Lipinski definition) is 10. The van der Waals surface area contributed by atoms with Crippen LogP contribution in [0.2, 0.25) is 0 Å². The van der Waals surface area contributed by atoms with Gasteiger partial charge in [0.1, 0.15) is 6.10 Å². The maximum Gasteiger partial charge on any atom is 0.476 e. The molecule has 1 aliphatic heterocycles. The smallest absolute Gasteiger partial charge is 0.476 e. The first-order valence-corrected chi connectivity index (χ1v) is 5.36. The predicted octanol–water partition coefficient (Wildman–Crippen LogP) is -2.21. The SMILES string of the molecule is O=C1O[C@H]([C@@H](O)CO)C(OS(=O)(=O)OO)=C1O. The Balaban J connectivity index is 3.03. The molecule has 98 valence electrons. The highest BCUT2D eigenvalue weighted by molar-refractivity contribution is 7.81. The van der Waals surface area contributed by atoms with Gasteiger partial charge in [0.25, 0.3) is 0 Å². The second-order valence-electron chi connectivity index (χ2n) is 2.85. The fourth-order valence-corrected chi connectivity index (χ4v) is 1.45. The molecule has 0 unspecified atom stereocenters. The van der Waals surface area contributed by atoms with Gasteiger partial charge in [-0.05, 0) is 0 Å². The van der Waals surface area contributed by atoms with Crippen molar-refractivity contribution in [2.45, 2.75) is 12.2 Å². The molecule has 0 spiro atoms.